The van der Waals surface area contributed by atoms with E-state index < -0.39 is 11.8 Å². The van der Waals surface area contributed by atoms with Crippen LogP contribution in [0.4, 0.5) is 4.39 Å². The maximum Gasteiger partial charge on any atom is 0.346 e. The Labute approximate surface area is 141 Å². The zero-order chi connectivity index (χ0) is 17.4. The quantitative estimate of drug-likeness (QED) is 0.435. The molecule has 0 N–H and O–H groups in total. The Bertz CT molecular complexity index is 773. The zero-order valence-corrected chi connectivity index (χ0v) is 13.5. The highest BCUT2D eigenvalue weighted by molar-refractivity contribution is 5.91. The van der Waals surface area contributed by atoms with E-state index in [0.29, 0.717) is 5.56 Å². The zero-order valence-electron chi connectivity index (χ0n) is 13.5. The smallest absolute Gasteiger partial charge is 0.346 e. The van der Waals surface area contributed by atoms with Crippen molar-refractivity contribution in [1.82, 2.24) is 0 Å². The molecular formula is C20H18FNO2. The second-order valence-corrected chi connectivity index (χ2v) is 5.26. The van der Waals surface area contributed by atoms with Crippen LogP contribution in [-0.4, -0.2) is 5.97 Å². The van der Waals surface area contributed by atoms with Gasteiger partial charge in [-0.1, -0.05) is 25.1 Å². The Hall–Kier alpha value is -2.93. The summed E-state index contributed by atoms with van der Waals surface area (Å²) in [4.78, 5) is 12.1. The number of rotatable bonds is 6. The van der Waals surface area contributed by atoms with Crippen LogP contribution in [0.3, 0.4) is 0 Å². The van der Waals surface area contributed by atoms with Crippen molar-refractivity contribution >= 4 is 5.97 Å². The van der Waals surface area contributed by atoms with Gasteiger partial charge < -0.3 is 4.74 Å². The van der Waals surface area contributed by atoms with Crippen LogP contribution in [0.2, 0.25) is 0 Å². The molecule has 0 spiro atoms. The second kappa shape index (κ2) is 8.64. The summed E-state index contributed by atoms with van der Waals surface area (Å²) in [7, 11) is 0. The molecule has 0 amide bonds. The predicted molar refractivity (Wildman–Crippen MR) is 90.3 cm³/mol. The first-order valence-electron chi connectivity index (χ1n) is 7.79. The fraction of sp³-hybridized carbons (Fsp3) is 0.200. The highest BCUT2D eigenvalue weighted by Gasteiger charge is 2.14. The first-order valence-corrected chi connectivity index (χ1v) is 7.79. The monoisotopic (exact) mass is 323 g/mol. The van der Waals surface area contributed by atoms with E-state index in [4.69, 9.17) is 10.00 Å². The molecule has 0 atom stereocenters. The lowest BCUT2D eigenvalue weighted by molar-refractivity contribution is 0.0730. The first-order chi connectivity index (χ1) is 11.6. The van der Waals surface area contributed by atoms with E-state index in [2.05, 4.69) is 19.1 Å². The van der Waals surface area contributed by atoms with Crippen molar-refractivity contribution in [3.63, 3.8) is 0 Å². The Kier molecular flexibility index (Phi) is 6.27. The molecule has 4 heteroatoms. The summed E-state index contributed by atoms with van der Waals surface area (Å²) < 4.78 is 19.3. The van der Waals surface area contributed by atoms with E-state index in [-0.39, 0.29) is 11.3 Å². The molecule has 0 radical (unpaired) electrons. The van der Waals surface area contributed by atoms with Crippen LogP contribution >= 0.6 is 0 Å². The van der Waals surface area contributed by atoms with Crippen LogP contribution in [0.5, 0.6) is 5.75 Å². The molecule has 0 saturated heterocycles. The van der Waals surface area contributed by atoms with E-state index in [1.807, 2.05) is 6.07 Å². The van der Waals surface area contributed by atoms with E-state index in [1.165, 1.54) is 36.4 Å². The Balaban J connectivity index is 2.03. The lowest BCUT2D eigenvalue weighted by Gasteiger charge is -2.07. The van der Waals surface area contributed by atoms with E-state index in [0.717, 1.165) is 24.8 Å². The van der Waals surface area contributed by atoms with Gasteiger partial charge in [-0.3, -0.25) is 0 Å². The van der Waals surface area contributed by atoms with Crippen molar-refractivity contribution in [2.75, 3.05) is 0 Å². The van der Waals surface area contributed by atoms with Crippen LogP contribution in [0, 0.1) is 17.1 Å². The molecule has 2 rings (SSSR count). The second-order valence-electron chi connectivity index (χ2n) is 5.26. The molecule has 0 unspecified atom stereocenters. The third-order valence-corrected chi connectivity index (χ3v) is 3.45. The lowest BCUT2D eigenvalue weighted by atomic mass is 10.1. The minimum atomic E-state index is -0.755. The van der Waals surface area contributed by atoms with Gasteiger partial charge >= 0.3 is 5.97 Å². The molecule has 0 saturated carbocycles. The summed E-state index contributed by atoms with van der Waals surface area (Å²) in [6.45, 7) is 2.06. The standard InChI is InChI=1S/C20H18FNO2/c1-2-3-4-5-6-15-9-12-18(19(21)13-15)20(23)24-17-10-7-16(14-22)8-11-17/h3-4,7-13H,2,5-6H2,1H3. The summed E-state index contributed by atoms with van der Waals surface area (Å²) >= 11 is 0. The van der Waals surface area contributed by atoms with Crippen LogP contribution < -0.4 is 4.74 Å². The number of esters is 1. The average molecular weight is 323 g/mol. The van der Waals surface area contributed by atoms with Crippen molar-refractivity contribution in [1.29, 1.82) is 5.26 Å². The summed E-state index contributed by atoms with van der Waals surface area (Å²) in [6, 6.07) is 12.6. The number of aryl methyl sites for hydroxylation is 1. The summed E-state index contributed by atoms with van der Waals surface area (Å²) in [5.74, 6) is -1.08. The number of carbonyl (C=O) groups is 1. The third-order valence-electron chi connectivity index (χ3n) is 3.45. The topological polar surface area (TPSA) is 50.1 Å². The van der Waals surface area contributed by atoms with Crippen molar-refractivity contribution in [2.24, 2.45) is 0 Å². The molecule has 122 valence electrons. The molecule has 3 nitrogen and oxygen atoms in total. The molecule has 2 aromatic carbocycles. The minimum absolute atomic E-state index is 0.104. The van der Waals surface area contributed by atoms with E-state index >= 15 is 0 Å². The van der Waals surface area contributed by atoms with Crippen LogP contribution in [0.15, 0.2) is 54.6 Å². The fourth-order valence-corrected chi connectivity index (χ4v) is 2.17. The van der Waals surface area contributed by atoms with Gasteiger partial charge in [0.25, 0.3) is 0 Å². The SMILES string of the molecule is CCC=CCCc1ccc(C(=O)Oc2ccc(C#N)cc2)c(F)c1. The predicted octanol–water partition coefficient (Wildman–Crippen LogP) is 4.82. The summed E-state index contributed by atoms with van der Waals surface area (Å²) in [5, 5.41) is 8.73. The number of ether oxygens (including phenoxy) is 1. The van der Waals surface area contributed by atoms with Gasteiger partial charge in [-0.2, -0.15) is 5.26 Å². The van der Waals surface area contributed by atoms with Crippen molar-refractivity contribution in [3.05, 3.63) is 77.1 Å². The lowest BCUT2D eigenvalue weighted by Crippen LogP contribution is -2.11. The van der Waals surface area contributed by atoms with Gasteiger partial charge in [-0.25, -0.2) is 9.18 Å². The molecule has 0 aliphatic heterocycles. The molecule has 0 aliphatic rings. The van der Waals surface area contributed by atoms with Crippen molar-refractivity contribution in [3.8, 4) is 11.8 Å². The molecule has 24 heavy (non-hydrogen) atoms. The highest BCUT2D eigenvalue weighted by Crippen LogP contribution is 2.17. The number of allylic oxidation sites excluding steroid dienone is 2. The number of benzene rings is 2. The van der Waals surface area contributed by atoms with Gasteiger partial charge in [0.2, 0.25) is 0 Å². The largest absolute Gasteiger partial charge is 0.423 e. The van der Waals surface area contributed by atoms with Crippen molar-refractivity contribution < 1.29 is 13.9 Å². The van der Waals surface area contributed by atoms with E-state index in [1.54, 1.807) is 6.07 Å². The maximum atomic E-state index is 14.1. The van der Waals surface area contributed by atoms with Crippen LogP contribution in [-0.2, 0) is 6.42 Å². The molecular weight excluding hydrogens is 305 g/mol. The van der Waals surface area contributed by atoms with Gasteiger partial charge in [0, 0.05) is 0 Å². The summed E-state index contributed by atoms with van der Waals surface area (Å²) in [5.41, 5.74) is 1.19. The van der Waals surface area contributed by atoms with Crippen LogP contribution in [0.1, 0.15) is 41.3 Å². The molecule has 0 aromatic heterocycles. The van der Waals surface area contributed by atoms with Crippen LogP contribution in [0.25, 0.3) is 0 Å². The third kappa shape index (κ3) is 4.79. The molecule has 0 bridgehead atoms. The fourth-order valence-electron chi connectivity index (χ4n) is 2.17. The number of hydrogen-bond acceptors (Lipinski definition) is 3. The number of nitrogens with zero attached hydrogens (tertiary/aromatic N) is 1. The average Bonchev–Trinajstić information content (AvgIpc) is 2.59. The van der Waals surface area contributed by atoms with Gasteiger partial charge in [0.15, 0.2) is 0 Å². The van der Waals surface area contributed by atoms with Gasteiger partial charge in [0.05, 0.1) is 17.2 Å². The molecule has 0 heterocycles. The number of nitriles is 1. The Morgan fingerprint density at radius 1 is 1.21 bits per heavy atom. The number of halogens is 1. The normalized spacial score (nSPS) is 10.5. The van der Waals surface area contributed by atoms with Gasteiger partial charge in [-0.15, -0.1) is 0 Å². The molecule has 2 aromatic rings. The van der Waals surface area contributed by atoms with Crippen molar-refractivity contribution in [2.45, 2.75) is 26.2 Å². The first kappa shape index (κ1) is 17.4. The number of hydrogen-bond donors (Lipinski definition) is 0. The maximum absolute atomic E-state index is 14.1. The molecule has 0 aliphatic carbocycles. The Morgan fingerprint density at radius 2 is 1.96 bits per heavy atom. The Morgan fingerprint density at radius 3 is 2.58 bits per heavy atom. The number of carbonyl (C=O) groups excluding carboxylic acids is 1. The van der Waals surface area contributed by atoms with Gasteiger partial charge in [0.1, 0.15) is 11.6 Å². The van der Waals surface area contributed by atoms with Gasteiger partial charge in [-0.05, 0) is 61.2 Å². The minimum Gasteiger partial charge on any atom is -0.423 e. The molecule has 0 fully saturated rings. The van der Waals surface area contributed by atoms with E-state index in [9.17, 15) is 9.18 Å². The summed E-state index contributed by atoms with van der Waals surface area (Å²) in [6.07, 6.45) is 6.67. The highest BCUT2D eigenvalue weighted by atomic mass is 19.1.